The Bertz CT molecular complexity index is 568. The predicted octanol–water partition coefficient (Wildman–Crippen LogP) is 3.92. The lowest BCUT2D eigenvalue weighted by Crippen LogP contribution is -1.99. The Morgan fingerprint density at radius 2 is 1.78 bits per heavy atom. The monoisotopic (exact) mass is 240 g/mol. The zero-order valence-electron chi connectivity index (χ0n) is 10.6. The Labute approximate surface area is 107 Å². The standard InChI is InChI=1S/C16H16O2/c1-3-12-5-7-13(8-6-12)15-10-11(2)4-9-14(15)16(17)18/h4-10H,3H2,1-2H3,(H,17,18). The summed E-state index contributed by atoms with van der Waals surface area (Å²) in [6, 6.07) is 13.5. The Kier molecular flexibility index (Phi) is 3.47. The second-order valence-electron chi connectivity index (χ2n) is 4.40. The number of rotatable bonds is 3. The molecule has 0 aromatic heterocycles. The van der Waals surface area contributed by atoms with E-state index in [1.807, 2.05) is 43.3 Å². The molecule has 0 radical (unpaired) electrons. The van der Waals surface area contributed by atoms with Crippen LogP contribution in [0.3, 0.4) is 0 Å². The van der Waals surface area contributed by atoms with Crippen molar-refractivity contribution in [2.24, 2.45) is 0 Å². The molecule has 0 saturated carbocycles. The van der Waals surface area contributed by atoms with E-state index in [1.54, 1.807) is 6.07 Å². The maximum absolute atomic E-state index is 11.2. The molecule has 2 aromatic carbocycles. The van der Waals surface area contributed by atoms with Gasteiger partial charge in [0.1, 0.15) is 0 Å². The Morgan fingerprint density at radius 3 is 2.33 bits per heavy atom. The van der Waals surface area contributed by atoms with Crippen LogP contribution in [0.5, 0.6) is 0 Å². The first-order chi connectivity index (χ1) is 8.61. The summed E-state index contributed by atoms with van der Waals surface area (Å²) < 4.78 is 0. The fourth-order valence-corrected chi connectivity index (χ4v) is 2.00. The molecule has 0 atom stereocenters. The molecule has 0 fully saturated rings. The molecule has 2 aromatic rings. The van der Waals surface area contributed by atoms with E-state index in [4.69, 9.17) is 0 Å². The van der Waals surface area contributed by atoms with E-state index in [1.165, 1.54) is 5.56 Å². The summed E-state index contributed by atoms with van der Waals surface area (Å²) in [6.07, 6.45) is 0.986. The lowest BCUT2D eigenvalue weighted by Gasteiger charge is -2.08. The Morgan fingerprint density at radius 1 is 1.11 bits per heavy atom. The van der Waals surface area contributed by atoms with E-state index in [2.05, 4.69) is 6.92 Å². The van der Waals surface area contributed by atoms with Crippen LogP contribution in [-0.2, 0) is 6.42 Å². The minimum Gasteiger partial charge on any atom is -0.478 e. The number of hydrogen-bond acceptors (Lipinski definition) is 1. The number of carboxylic acid groups (broad SMARTS) is 1. The van der Waals surface area contributed by atoms with Crippen LogP contribution in [-0.4, -0.2) is 11.1 Å². The SMILES string of the molecule is CCc1ccc(-c2cc(C)ccc2C(=O)O)cc1. The highest BCUT2D eigenvalue weighted by Crippen LogP contribution is 2.25. The van der Waals surface area contributed by atoms with Gasteiger partial charge in [0.15, 0.2) is 0 Å². The molecule has 0 aliphatic rings. The molecule has 2 heteroatoms. The van der Waals surface area contributed by atoms with Gasteiger partial charge in [0.05, 0.1) is 5.56 Å². The smallest absolute Gasteiger partial charge is 0.336 e. The van der Waals surface area contributed by atoms with E-state index in [9.17, 15) is 9.90 Å². The van der Waals surface area contributed by atoms with Gasteiger partial charge >= 0.3 is 5.97 Å². The van der Waals surface area contributed by atoms with Crippen LogP contribution in [0.2, 0.25) is 0 Å². The highest BCUT2D eigenvalue weighted by Gasteiger charge is 2.11. The first-order valence-electron chi connectivity index (χ1n) is 6.05. The average Bonchev–Trinajstić information content (AvgIpc) is 2.38. The number of carbonyl (C=O) groups is 1. The molecule has 2 rings (SSSR count). The zero-order valence-corrected chi connectivity index (χ0v) is 10.6. The maximum atomic E-state index is 11.2. The molecular formula is C16H16O2. The summed E-state index contributed by atoms with van der Waals surface area (Å²) in [5.41, 5.74) is 4.40. The van der Waals surface area contributed by atoms with Crippen molar-refractivity contribution in [2.75, 3.05) is 0 Å². The van der Waals surface area contributed by atoms with Crippen LogP contribution in [0.15, 0.2) is 42.5 Å². The first kappa shape index (κ1) is 12.4. The van der Waals surface area contributed by atoms with Gasteiger partial charge in [0.2, 0.25) is 0 Å². The van der Waals surface area contributed by atoms with Gasteiger partial charge in [-0.1, -0.05) is 48.9 Å². The van der Waals surface area contributed by atoms with E-state index in [-0.39, 0.29) is 0 Å². The number of hydrogen-bond donors (Lipinski definition) is 1. The lowest BCUT2D eigenvalue weighted by atomic mass is 9.96. The second kappa shape index (κ2) is 5.05. The summed E-state index contributed by atoms with van der Waals surface area (Å²) in [4.78, 5) is 11.2. The summed E-state index contributed by atoms with van der Waals surface area (Å²) in [7, 11) is 0. The van der Waals surface area contributed by atoms with Gasteiger partial charge in [-0.25, -0.2) is 4.79 Å². The largest absolute Gasteiger partial charge is 0.478 e. The molecule has 0 spiro atoms. The van der Waals surface area contributed by atoms with Gasteiger partial charge in [0.25, 0.3) is 0 Å². The van der Waals surface area contributed by atoms with Crippen molar-refractivity contribution in [3.8, 4) is 11.1 Å². The van der Waals surface area contributed by atoms with Crippen molar-refractivity contribution in [1.29, 1.82) is 0 Å². The lowest BCUT2D eigenvalue weighted by molar-refractivity contribution is 0.0698. The molecule has 0 aliphatic carbocycles. The summed E-state index contributed by atoms with van der Waals surface area (Å²) >= 11 is 0. The van der Waals surface area contributed by atoms with E-state index in [0.717, 1.165) is 23.1 Å². The zero-order chi connectivity index (χ0) is 13.1. The van der Waals surface area contributed by atoms with Crippen molar-refractivity contribution in [2.45, 2.75) is 20.3 Å². The second-order valence-corrected chi connectivity index (χ2v) is 4.40. The molecule has 1 N–H and O–H groups in total. The molecule has 2 nitrogen and oxygen atoms in total. The molecule has 0 bridgehead atoms. The van der Waals surface area contributed by atoms with Crippen molar-refractivity contribution in [3.05, 3.63) is 59.2 Å². The predicted molar refractivity (Wildman–Crippen MR) is 73.0 cm³/mol. The molecule has 0 unspecified atom stereocenters. The summed E-state index contributed by atoms with van der Waals surface area (Å²) in [5, 5.41) is 9.22. The fraction of sp³-hybridized carbons (Fsp3) is 0.188. The van der Waals surface area contributed by atoms with Crippen molar-refractivity contribution < 1.29 is 9.90 Å². The van der Waals surface area contributed by atoms with Crippen molar-refractivity contribution in [3.63, 3.8) is 0 Å². The molecule has 0 heterocycles. The van der Waals surface area contributed by atoms with Crippen LogP contribution >= 0.6 is 0 Å². The number of benzene rings is 2. The van der Waals surface area contributed by atoms with E-state index in [0.29, 0.717) is 5.56 Å². The minimum atomic E-state index is -0.885. The molecule has 0 saturated heterocycles. The third kappa shape index (κ3) is 2.43. The third-order valence-electron chi connectivity index (χ3n) is 3.08. The van der Waals surface area contributed by atoms with E-state index < -0.39 is 5.97 Å². The van der Waals surface area contributed by atoms with Crippen LogP contribution < -0.4 is 0 Å². The number of aryl methyl sites for hydroxylation is 2. The van der Waals surface area contributed by atoms with Gasteiger partial charge in [-0.3, -0.25) is 0 Å². The van der Waals surface area contributed by atoms with Crippen molar-refractivity contribution >= 4 is 5.97 Å². The summed E-state index contributed by atoms with van der Waals surface area (Å²) in [5.74, 6) is -0.885. The normalized spacial score (nSPS) is 10.3. The van der Waals surface area contributed by atoms with Crippen molar-refractivity contribution in [1.82, 2.24) is 0 Å². The average molecular weight is 240 g/mol. The van der Waals surface area contributed by atoms with Crippen LogP contribution in [0.4, 0.5) is 0 Å². The van der Waals surface area contributed by atoms with Gasteiger partial charge in [-0.2, -0.15) is 0 Å². The molecule has 0 amide bonds. The van der Waals surface area contributed by atoms with Gasteiger partial charge in [-0.05, 0) is 36.1 Å². The highest BCUT2D eigenvalue weighted by molar-refractivity contribution is 5.96. The van der Waals surface area contributed by atoms with Gasteiger partial charge in [-0.15, -0.1) is 0 Å². The first-order valence-corrected chi connectivity index (χ1v) is 6.05. The Hall–Kier alpha value is -2.09. The maximum Gasteiger partial charge on any atom is 0.336 e. The van der Waals surface area contributed by atoms with Crippen LogP contribution in [0.25, 0.3) is 11.1 Å². The number of carboxylic acids is 1. The Balaban J connectivity index is 2.54. The quantitative estimate of drug-likeness (QED) is 0.882. The minimum absolute atomic E-state index is 0.352. The van der Waals surface area contributed by atoms with Crippen LogP contribution in [0.1, 0.15) is 28.4 Å². The molecule has 92 valence electrons. The van der Waals surface area contributed by atoms with E-state index >= 15 is 0 Å². The van der Waals surface area contributed by atoms with Gasteiger partial charge < -0.3 is 5.11 Å². The molecule has 0 aliphatic heterocycles. The highest BCUT2D eigenvalue weighted by atomic mass is 16.4. The van der Waals surface area contributed by atoms with Crippen LogP contribution in [0, 0.1) is 6.92 Å². The molecule has 18 heavy (non-hydrogen) atoms. The number of aromatic carboxylic acids is 1. The summed E-state index contributed by atoms with van der Waals surface area (Å²) in [6.45, 7) is 4.07. The third-order valence-corrected chi connectivity index (χ3v) is 3.08. The molecular weight excluding hydrogens is 224 g/mol. The fourth-order valence-electron chi connectivity index (χ4n) is 2.00. The van der Waals surface area contributed by atoms with Gasteiger partial charge in [0, 0.05) is 0 Å². The topological polar surface area (TPSA) is 37.3 Å².